The van der Waals surface area contributed by atoms with Crippen molar-refractivity contribution >= 4 is 5.91 Å². The Morgan fingerprint density at radius 2 is 0.667 bits per heavy atom. The second-order valence-corrected chi connectivity index (χ2v) is 30.3. The normalized spacial score (nSPS) is 26.1. The molecule has 0 saturated carbocycles. The summed E-state index contributed by atoms with van der Waals surface area (Å²) in [5, 5.41) is 121. The third kappa shape index (κ3) is 45.4. The Bertz CT molecular complexity index is 2180. The van der Waals surface area contributed by atoms with Gasteiger partial charge in [-0.25, -0.2) is 0 Å². The van der Waals surface area contributed by atoms with Crippen molar-refractivity contribution < 1.29 is 89.4 Å². The summed E-state index contributed by atoms with van der Waals surface area (Å²) >= 11 is 0. The van der Waals surface area contributed by atoms with Gasteiger partial charge in [-0.3, -0.25) is 4.79 Å². The molecule has 19 nitrogen and oxygen atoms in total. The monoisotopic (exact) mass is 1490 g/mol. The Hall–Kier alpha value is -2.77. The van der Waals surface area contributed by atoms with E-state index in [9.17, 15) is 61.0 Å². The topological polar surface area (TPSA) is 307 Å². The first-order valence-electron chi connectivity index (χ1n) is 42.7. The van der Waals surface area contributed by atoms with Crippen molar-refractivity contribution in [1.29, 1.82) is 0 Å². The van der Waals surface area contributed by atoms with E-state index >= 15 is 0 Å². The molecule has 19 heteroatoms. The number of hydrogen-bond donors (Lipinski definition) is 12. The molecule has 612 valence electrons. The molecule has 0 spiro atoms. The molecule has 3 heterocycles. The number of unbranched alkanes of at least 4 members (excludes halogenated alkanes) is 42. The van der Waals surface area contributed by atoms with Crippen molar-refractivity contribution in [3.05, 3.63) is 72.9 Å². The van der Waals surface area contributed by atoms with Crippen molar-refractivity contribution in [2.45, 2.75) is 439 Å². The molecule has 0 radical (unpaired) electrons. The van der Waals surface area contributed by atoms with Crippen LogP contribution in [0.1, 0.15) is 335 Å². The summed E-state index contributed by atoms with van der Waals surface area (Å²) in [6, 6.07) is -0.992. The quantitative estimate of drug-likeness (QED) is 0.0199. The summed E-state index contributed by atoms with van der Waals surface area (Å²) in [5.74, 6) is -0.280. The Morgan fingerprint density at radius 3 is 1.07 bits per heavy atom. The Balaban J connectivity index is 1.33. The molecule has 3 aliphatic rings. The maximum Gasteiger partial charge on any atom is 0.220 e. The van der Waals surface area contributed by atoms with Crippen LogP contribution in [0.3, 0.4) is 0 Å². The van der Waals surface area contributed by atoms with Gasteiger partial charge in [0.25, 0.3) is 0 Å². The highest BCUT2D eigenvalue weighted by atomic mass is 16.8. The van der Waals surface area contributed by atoms with Gasteiger partial charge in [0.1, 0.15) is 73.2 Å². The van der Waals surface area contributed by atoms with E-state index in [-0.39, 0.29) is 18.9 Å². The first-order valence-corrected chi connectivity index (χ1v) is 42.7. The smallest absolute Gasteiger partial charge is 0.220 e. The molecule has 105 heavy (non-hydrogen) atoms. The van der Waals surface area contributed by atoms with E-state index in [1.54, 1.807) is 6.08 Å². The Kier molecular flexibility index (Phi) is 60.5. The minimum Gasteiger partial charge on any atom is -0.394 e. The van der Waals surface area contributed by atoms with E-state index in [4.69, 9.17) is 28.4 Å². The third-order valence-electron chi connectivity index (χ3n) is 21.0. The lowest BCUT2D eigenvalue weighted by molar-refractivity contribution is -0.379. The molecular formula is C86H155NO18. The summed E-state index contributed by atoms with van der Waals surface area (Å²) in [6.45, 7) is 1.65. The number of hydrogen-bond acceptors (Lipinski definition) is 18. The highest BCUT2D eigenvalue weighted by molar-refractivity contribution is 5.76. The van der Waals surface area contributed by atoms with E-state index in [1.807, 2.05) is 6.08 Å². The van der Waals surface area contributed by atoms with Crippen molar-refractivity contribution in [2.24, 2.45) is 0 Å². The molecule has 0 aliphatic carbocycles. The predicted octanol–water partition coefficient (Wildman–Crippen LogP) is 15.2. The van der Waals surface area contributed by atoms with Crippen molar-refractivity contribution in [2.75, 3.05) is 26.4 Å². The molecule has 3 fully saturated rings. The molecule has 0 aromatic heterocycles. The van der Waals surface area contributed by atoms with E-state index in [0.29, 0.717) is 12.8 Å². The van der Waals surface area contributed by atoms with Gasteiger partial charge < -0.3 is 89.9 Å². The fourth-order valence-corrected chi connectivity index (χ4v) is 14.2. The molecule has 3 rings (SSSR count). The van der Waals surface area contributed by atoms with Gasteiger partial charge in [0.2, 0.25) is 5.91 Å². The average Bonchev–Trinajstić information content (AvgIpc) is 0.779. The zero-order valence-corrected chi connectivity index (χ0v) is 65.7. The van der Waals surface area contributed by atoms with Gasteiger partial charge in [-0.15, -0.1) is 0 Å². The van der Waals surface area contributed by atoms with Gasteiger partial charge in [-0.05, 0) is 70.6 Å². The first-order chi connectivity index (χ1) is 51.3. The fourth-order valence-electron chi connectivity index (χ4n) is 14.2. The molecule has 0 aromatic carbocycles. The highest BCUT2D eigenvalue weighted by Gasteiger charge is 2.54. The molecule has 17 unspecified atom stereocenters. The number of nitrogens with one attached hydrogen (secondary N) is 1. The molecule has 17 atom stereocenters. The van der Waals surface area contributed by atoms with E-state index < -0.39 is 124 Å². The van der Waals surface area contributed by atoms with Crippen LogP contribution in [0.4, 0.5) is 0 Å². The van der Waals surface area contributed by atoms with Gasteiger partial charge >= 0.3 is 0 Å². The van der Waals surface area contributed by atoms with E-state index in [2.05, 4.69) is 79.9 Å². The molecule has 12 N–H and O–H groups in total. The maximum atomic E-state index is 13.5. The van der Waals surface area contributed by atoms with Crippen molar-refractivity contribution in [3.63, 3.8) is 0 Å². The number of allylic oxidation sites excluding steroid dienone is 11. The van der Waals surface area contributed by atoms with Gasteiger partial charge in [0.15, 0.2) is 18.9 Å². The number of carbonyl (C=O) groups is 1. The zero-order valence-electron chi connectivity index (χ0n) is 65.7. The Labute approximate surface area is 636 Å². The van der Waals surface area contributed by atoms with Gasteiger partial charge in [0, 0.05) is 6.42 Å². The SMILES string of the molecule is CC/C=C\C/C=C\C/C=C\C/C=C\CCCCCCCCCCCCCCCCCCCCCCCCCCC(=O)NC(COC1OC(CO)C(OC2OC(CO)C(OC3OC(CO)C(O)C(O)C3O)C(O)C2O)C(O)C1O)C(O)/C=C/CC/C=C/CCCCCCCCCCCCCCCCCCC. The third-order valence-corrected chi connectivity index (χ3v) is 21.0. The van der Waals surface area contributed by atoms with E-state index in [0.717, 1.165) is 64.2 Å². The molecule has 0 bridgehead atoms. The van der Waals surface area contributed by atoms with Crippen LogP contribution in [-0.4, -0.2) is 193 Å². The van der Waals surface area contributed by atoms with Crippen molar-refractivity contribution in [3.8, 4) is 0 Å². The number of ether oxygens (including phenoxy) is 6. The lowest BCUT2D eigenvalue weighted by Crippen LogP contribution is -2.66. The molecule has 3 aliphatic heterocycles. The summed E-state index contributed by atoms with van der Waals surface area (Å²) in [4.78, 5) is 13.5. The number of aliphatic hydroxyl groups excluding tert-OH is 11. The number of aliphatic hydroxyl groups is 11. The number of rotatable bonds is 68. The van der Waals surface area contributed by atoms with Gasteiger partial charge in [0.05, 0.1) is 38.6 Å². The lowest BCUT2D eigenvalue weighted by atomic mass is 9.96. The van der Waals surface area contributed by atoms with Crippen LogP contribution in [0.15, 0.2) is 72.9 Å². The fraction of sp³-hybridized carbons (Fsp3) is 0.849. The lowest BCUT2D eigenvalue weighted by Gasteiger charge is -2.48. The Morgan fingerprint density at radius 1 is 0.352 bits per heavy atom. The first kappa shape index (κ1) is 96.4. The van der Waals surface area contributed by atoms with Crippen LogP contribution < -0.4 is 5.32 Å². The maximum absolute atomic E-state index is 13.5. The minimum atomic E-state index is -1.98. The van der Waals surface area contributed by atoms with Crippen LogP contribution in [-0.2, 0) is 33.2 Å². The highest BCUT2D eigenvalue weighted by Crippen LogP contribution is 2.33. The van der Waals surface area contributed by atoms with Gasteiger partial charge in [-0.2, -0.15) is 0 Å². The number of amides is 1. The summed E-state index contributed by atoms with van der Waals surface area (Å²) in [7, 11) is 0. The second-order valence-electron chi connectivity index (χ2n) is 30.3. The average molecular weight is 1490 g/mol. The van der Waals surface area contributed by atoms with Gasteiger partial charge in [-0.1, -0.05) is 331 Å². The molecule has 1 amide bonds. The predicted molar refractivity (Wildman–Crippen MR) is 420 cm³/mol. The largest absolute Gasteiger partial charge is 0.394 e. The van der Waals surface area contributed by atoms with Crippen LogP contribution in [0.25, 0.3) is 0 Å². The van der Waals surface area contributed by atoms with Crippen molar-refractivity contribution in [1.82, 2.24) is 5.32 Å². The number of carbonyl (C=O) groups excluding carboxylic acids is 1. The summed E-state index contributed by atoms with van der Waals surface area (Å²) < 4.78 is 34.5. The van der Waals surface area contributed by atoms with Crippen LogP contribution in [0.2, 0.25) is 0 Å². The molecular weight excluding hydrogens is 1330 g/mol. The van der Waals surface area contributed by atoms with Crippen LogP contribution in [0.5, 0.6) is 0 Å². The van der Waals surface area contributed by atoms with Crippen LogP contribution in [0, 0.1) is 0 Å². The molecule has 0 aromatic rings. The second kappa shape index (κ2) is 65.9. The van der Waals surface area contributed by atoms with E-state index in [1.165, 1.54) is 238 Å². The zero-order chi connectivity index (χ0) is 76.0. The van der Waals surface area contributed by atoms with Crippen LogP contribution >= 0.6 is 0 Å². The summed E-state index contributed by atoms with van der Waals surface area (Å²) in [5.41, 5.74) is 0. The summed E-state index contributed by atoms with van der Waals surface area (Å²) in [6.07, 6.45) is 60.5. The standard InChI is InChI=1S/C86H155NO18/c1-3-5-7-9-11-13-15-17-19-21-23-25-27-28-29-30-31-32-33-34-35-36-37-38-39-40-42-44-46-48-50-52-54-56-58-60-62-64-74(92)87-69(70(91)63-61-59-57-55-53-51-49-47-45-43-41-26-24-22-20-18-16-14-12-10-8-6-4-2)68-100-84-80(98)77(95)82(72(66-89)102-84)105-86-81(99)78(96)83(73(67-90)103-86)104-85-79(97)76(94)75(93)71(65-88)101-85/h5,7,11,13,17,19,23,25,53,55,61,63,69-73,75-86,88-91,93-99H,3-4,6,8-10,12,14-16,18,20-22,24,26-52,54,56-60,62,64-68H2,1-2H3,(H,87,92)/b7-5-,13-11-,19-17-,25-23-,55-53+,63-61+. The minimum absolute atomic E-state index is 0.237. The molecule has 3 saturated heterocycles.